The first-order chi connectivity index (χ1) is 8.91. The topological polar surface area (TPSA) is 42.2 Å². The fraction of sp³-hybridized carbons (Fsp3) is 0.154. The van der Waals surface area contributed by atoms with Crippen LogP contribution in [0, 0.1) is 13.8 Å². The Morgan fingerprint density at radius 1 is 1.26 bits per heavy atom. The predicted molar refractivity (Wildman–Crippen MR) is 80.3 cm³/mol. The smallest absolute Gasteiger partial charge is 0.260 e. The molecule has 0 aliphatic heterocycles. The highest BCUT2D eigenvalue weighted by Gasteiger charge is 2.20. The van der Waals surface area contributed by atoms with Crippen LogP contribution in [0.4, 0.5) is 5.69 Å². The zero-order valence-corrected chi connectivity index (χ0v) is 13.3. The van der Waals surface area contributed by atoms with Crippen LogP contribution in [0.3, 0.4) is 0 Å². The van der Waals surface area contributed by atoms with E-state index in [9.17, 15) is 4.79 Å². The molecule has 0 saturated carbocycles. The SMILES string of the molecule is Cc1oc(C)c(C(=O)Nc2cccc(Cl)c2Cl)c1Br. The van der Waals surface area contributed by atoms with Crippen molar-refractivity contribution < 1.29 is 9.21 Å². The van der Waals surface area contributed by atoms with E-state index >= 15 is 0 Å². The first-order valence-electron chi connectivity index (χ1n) is 5.42. The summed E-state index contributed by atoms with van der Waals surface area (Å²) in [4.78, 5) is 12.2. The van der Waals surface area contributed by atoms with Crippen LogP contribution in [0.15, 0.2) is 27.1 Å². The van der Waals surface area contributed by atoms with Crippen LogP contribution >= 0.6 is 39.1 Å². The van der Waals surface area contributed by atoms with Gasteiger partial charge in [0.05, 0.1) is 25.8 Å². The van der Waals surface area contributed by atoms with Gasteiger partial charge in [0.1, 0.15) is 11.5 Å². The number of nitrogens with one attached hydrogen (secondary N) is 1. The van der Waals surface area contributed by atoms with Crippen LogP contribution < -0.4 is 5.32 Å². The highest BCUT2D eigenvalue weighted by molar-refractivity contribution is 9.10. The maximum atomic E-state index is 12.2. The van der Waals surface area contributed by atoms with Crippen molar-refractivity contribution in [1.82, 2.24) is 0 Å². The molecule has 3 nitrogen and oxygen atoms in total. The molecule has 1 aromatic carbocycles. The van der Waals surface area contributed by atoms with Crippen molar-refractivity contribution in [1.29, 1.82) is 0 Å². The number of carbonyl (C=O) groups is 1. The summed E-state index contributed by atoms with van der Waals surface area (Å²) in [5.41, 5.74) is 0.915. The summed E-state index contributed by atoms with van der Waals surface area (Å²) in [5.74, 6) is 0.894. The molecule has 2 rings (SSSR count). The Morgan fingerprint density at radius 2 is 1.95 bits per heavy atom. The largest absolute Gasteiger partial charge is 0.465 e. The Kier molecular flexibility index (Phi) is 4.23. The zero-order valence-electron chi connectivity index (χ0n) is 10.2. The number of anilines is 1. The lowest BCUT2D eigenvalue weighted by Crippen LogP contribution is -2.13. The molecule has 0 unspecified atom stereocenters. The molecule has 1 aromatic heterocycles. The van der Waals surface area contributed by atoms with Gasteiger partial charge in [0.25, 0.3) is 5.91 Å². The molecule has 0 saturated heterocycles. The fourth-order valence-electron chi connectivity index (χ4n) is 1.70. The molecular formula is C13H10BrCl2NO2. The van der Waals surface area contributed by atoms with Crippen LogP contribution in [0.5, 0.6) is 0 Å². The maximum absolute atomic E-state index is 12.2. The van der Waals surface area contributed by atoms with Crippen LogP contribution in [0.2, 0.25) is 10.0 Å². The van der Waals surface area contributed by atoms with Crippen molar-refractivity contribution in [3.05, 3.63) is 49.8 Å². The molecule has 1 heterocycles. The molecular weight excluding hydrogens is 353 g/mol. The lowest BCUT2D eigenvalue weighted by atomic mass is 10.2. The van der Waals surface area contributed by atoms with Gasteiger partial charge in [0.15, 0.2) is 0 Å². The van der Waals surface area contributed by atoms with Crippen LogP contribution in [-0.2, 0) is 0 Å². The van der Waals surface area contributed by atoms with Gasteiger partial charge in [-0.05, 0) is 41.9 Å². The van der Waals surface area contributed by atoms with Gasteiger partial charge < -0.3 is 9.73 Å². The Hall–Kier alpha value is -0.970. The summed E-state index contributed by atoms with van der Waals surface area (Å²) in [7, 11) is 0. The standard InChI is InChI=1S/C13H10BrCl2NO2/c1-6-10(11(14)7(2)19-6)13(18)17-9-5-3-4-8(15)12(9)16/h3-5H,1-2H3,(H,17,18). The molecule has 19 heavy (non-hydrogen) atoms. The molecule has 0 fully saturated rings. The summed E-state index contributed by atoms with van der Waals surface area (Å²) in [5, 5.41) is 3.42. The Bertz CT molecular complexity index is 652. The van der Waals surface area contributed by atoms with E-state index in [1.165, 1.54) is 0 Å². The molecule has 0 spiro atoms. The van der Waals surface area contributed by atoms with E-state index in [1.54, 1.807) is 32.0 Å². The minimum Gasteiger partial charge on any atom is -0.465 e. The third kappa shape index (κ3) is 2.81. The fourth-order valence-corrected chi connectivity index (χ4v) is 2.59. The second kappa shape index (κ2) is 5.57. The first-order valence-corrected chi connectivity index (χ1v) is 6.97. The van der Waals surface area contributed by atoms with Crippen LogP contribution in [0.25, 0.3) is 0 Å². The summed E-state index contributed by atoms with van der Waals surface area (Å²) in [6.07, 6.45) is 0. The summed E-state index contributed by atoms with van der Waals surface area (Å²) in [6.45, 7) is 3.51. The minimum atomic E-state index is -0.301. The third-order valence-corrected chi connectivity index (χ3v) is 4.39. The number of hydrogen-bond acceptors (Lipinski definition) is 2. The molecule has 1 N–H and O–H groups in total. The molecule has 1 amide bonds. The average Bonchev–Trinajstić information content (AvgIpc) is 2.59. The highest BCUT2D eigenvalue weighted by Crippen LogP contribution is 2.32. The molecule has 0 bridgehead atoms. The molecule has 6 heteroatoms. The second-order valence-corrected chi connectivity index (χ2v) is 5.54. The van der Waals surface area contributed by atoms with Gasteiger partial charge in [-0.1, -0.05) is 29.3 Å². The van der Waals surface area contributed by atoms with E-state index in [0.29, 0.717) is 37.3 Å². The minimum absolute atomic E-state index is 0.301. The van der Waals surface area contributed by atoms with E-state index in [2.05, 4.69) is 21.2 Å². The Balaban J connectivity index is 2.34. The number of aryl methyl sites for hydroxylation is 2. The summed E-state index contributed by atoms with van der Waals surface area (Å²) < 4.78 is 6.03. The Morgan fingerprint density at radius 3 is 2.53 bits per heavy atom. The van der Waals surface area contributed by atoms with Crippen LogP contribution in [-0.4, -0.2) is 5.91 Å². The highest BCUT2D eigenvalue weighted by atomic mass is 79.9. The van der Waals surface area contributed by atoms with Gasteiger partial charge >= 0.3 is 0 Å². The first kappa shape index (κ1) is 14.4. The van der Waals surface area contributed by atoms with Gasteiger partial charge in [-0.2, -0.15) is 0 Å². The van der Waals surface area contributed by atoms with E-state index in [1.807, 2.05) is 0 Å². The number of carbonyl (C=O) groups excluding carboxylic acids is 1. The van der Waals surface area contributed by atoms with Crippen molar-refractivity contribution in [3.8, 4) is 0 Å². The lowest BCUT2D eigenvalue weighted by Gasteiger charge is -2.07. The quantitative estimate of drug-likeness (QED) is 0.795. The van der Waals surface area contributed by atoms with Crippen molar-refractivity contribution in [2.75, 3.05) is 5.32 Å². The third-order valence-electron chi connectivity index (χ3n) is 2.61. The van der Waals surface area contributed by atoms with E-state index < -0.39 is 0 Å². The number of furan rings is 1. The second-order valence-electron chi connectivity index (χ2n) is 3.96. The van der Waals surface area contributed by atoms with Gasteiger partial charge in [-0.3, -0.25) is 4.79 Å². The normalized spacial score (nSPS) is 10.6. The van der Waals surface area contributed by atoms with E-state index in [4.69, 9.17) is 27.6 Å². The van der Waals surface area contributed by atoms with Crippen molar-refractivity contribution in [2.45, 2.75) is 13.8 Å². The monoisotopic (exact) mass is 361 g/mol. The van der Waals surface area contributed by atoms with E-state index in [0.717, 1.165) is 0 Å². The molecule has 100 valence electrons. The molecule has 0 radical (unpaired) electrons. The van der Waals surface area contributed by atoms with E-state index in [-0.39, 0.29) is 5.91 Å². The number of rotatable bonds is 2. The van der Waals surface area contributed by atoms with Crippen LogP contribution in [0.1, 0.15) is 21.9 Å². The molecule has 2 aromatic rings. The molecule has 0 aliphatic carbocycles. The number of amides is 1. The Labute approximate surface area is 129 Å². The maximum Gasteiger partial charge on any atom is 0.260 e. The van der Waals surface area contributed by atoms with Gasteiger partial charge in [-0.15, -0.1) is 0 Å². The number of benzene rings is 1. The summed E-state index contributed by atoms with van der Waals surface area (Å²) >= 11 is 15.3. The van der Waals surface area contributed by atoms with Crippen molar-refractivity contribution >= 4 is 50.7 Å². The summed E-state index contributed by atoms with van der Waals surface area (Å²) in [6, 6.07) is 5.05. The molecule has 0 aliphatic rings. The number of hydrogen-bond donors (Lipinski definition) is 1. The zero-order chi connectivity index (χ0) is 14.2. The molecule has 0 atom stereocenters. The van der Waals surface area contributed by atoms with Gasteiger partial charge in [-0.25, -0.2) is 0 Å². The van der Waals surface area contributed by atoms with Crippen molar-refractivity contribution in [2.24, 2.45) is 0 Å². The average molecular weight is 363 g/mol. The van der Waals surface area contributed by atoms with Gasteiger partial charge in [0, 0.05) is 0 Å². The predicted octanol–water partition coefficient (Wildman–Crippen LogP) is 5.22. The van der Waals surface area contributed by atoms with Gasteiger partial charge in [0.2, 0.25) is 0 Å². The number of halogens is 3. The van der Waals surface area contributed by atoms with Crippen molar-refractivity contribution in [3.63, 3.8) is 0 Å². The lowest BCUT2D eigenvalue weighted by molar-refractivity contribution is 0.102.